The smallest absolute Gasteiger partial charge is 0.335 e. The fourth-order valence-corrected chi connectivity index (χ4v) is 22.0. The van der Waals surface area contributed by atoms with Gasteiger partial charge < -0.3 is 34.5 Å². The monoisotopic (exact) mass is 1760 g/mol. The number of aryl methyl sites for hydroxylation is 2. The van der Waals surface area contributed by atoms with Gasteiger partial charge in [0.1, 0.15) is 54.1 Å². The first-order valence-electron chi connectivity index (χ1n) is 34.9. The number of aromatic carboxylic acids is 4. The predicted molar refractivity (Wildman–Crippen MR) is 445 cm³/mol. The molecule has 27 nitrogen and oxygen atoms in total. The van der Waals surface area contributed by atoms with Crippen LogP contribution in [0.5, 0.6) is 11.5 Å². The van der Waals surface area contributed by atoms with Crippen LogP contribution >= 0.6 is 34.0 Å². The van der Waals surface area contributed by atoms with Crippen molar-refractivity contribution in [3.05, 3.63) is 293 Å². The molecule has 0 amide bonds. The molecule has 4 N–H and O–H groups in total. The van der Waals surface area contributed by atoms with Crippen molar-refractivity contribution in [2.24, 2.45) is 0 Å². The van der Waals surface area contributed by atoms with Crippen molar-refractivity contribution in [3.8, 4) is 84.9 Å². The third kappa shape index (κ3) is 21.7. The summed E-state index contributed by atoms with van der Waals surface area (Å²) >= 11 is 3.61. The fraction of sp³-hybridized carbons (Fsp3) is 0.129. The Morgan fingerprint density at radius 1 is 0.358 bits per heavy atom. The van der Waals surface area contributed by atoms with Crippen molar-refractivity contribution < 1.29 is 91.2 Å². The highest BCUT2D eigenvalue weighted by Gasteiger charge is 2.30. The largest absolute Gasteiger partial charge is 0.495 e. The van der Waals surface area contributed by atoms with Gasteiger partial charge in [-0.1, -0.05) is 44.2 Å². The second-order valence-corrected chi connectivity index (χ2v) is 38.9. The summed E-state index contributed by atoms with van der Waals surface area (Å²) in [5, 5.41) is 91.9. The highest BCUT2D eigenvalue weighted by atomic mass is 32.2. The third-order valence-electron chi connectivity index (χ3n) is 17.9. The molecule has 4 aromatic heterocycles. The molecule has 0 atom stereocenters. The number of benzene rings is 8. The SMILES string of the molecule is CCc1ccc(C(=O)O)cc1S(=O)(=O)Cc1cc(C#N)ccc1-c1ccc(C#N)s1.CCc1ccc(C(=O)O)cc1S(=O)(=O)Cc1cc(S(C)(=O)=O)ccc1-c1ccc(C#N)s1.COc1ccc(C(=O)O)cc1S(=O)(=O)Cc1cc(C#N)ccc1-c1ccc(C#N)s1.COc1ccc(C(=O)O)cc1S(=O)(=O)Cc1cc(C#N)ccc1-n1cccc1. The standard InChI is InChI=1S/C22H16N2O4S2.C22H19NO6S3.C21H14N2O5S2.C20H16N2O5S/c1-2-15-4-5-16(22(25)26)10-21(15)30(27,28)13-17-9-14(11-23)3-7-19(17)20-8-6-18(12-24)29-20;1-3-14-4-5-15(22(24)25)11-21(14)32(28,29)13-16-10-18(31(2,26)27)7-8-19(16)20-9-6-17(12-23)30-20;1-28-18-6-3-14(21(24)25)9-20(18)30(26,27)12-15-8-13(10-22)2-5-17(15)19-7-4-16(11-23)29-19;1-27-18-7-5-15(20(23)24)11-19(18)28(25,26)13-16-10-14(12-21)4-6-17(16)22-8-2-3-9-22/h3-10H,2,13H2,1H3,(H,25,26);4-11H,3,13H2,1-2H3,(H,24,25);2-9H,12H2,1H3,(H,24,25);2-11H,13H2,1H3,(H,23,24). The van der Waals surface area contributed by atoms with E-state index in [1.165, 1.54) is 139 Å². The van der Waals surface area contributed by atoms with E-state index in [0.29, 0.717) is 98.5 Å². The van der Waals surface area contributed by atoms with E-state index in [1.807, 2.05) is 30.3 Å². The Morgan fingerprint density at radius 2 is 0.667 bits per heavy atom. The van der Waals surface area contributed by atoms with E-state index in [-0.39, 0.29) is 69.4 Å². The van der Waals surface area contributed by atoms with E-state index in [9.17, 15) is 97.5 Å². The highest BCUT2D eigenvalue weighted by Crippen LogP contribution is 2.40. The average Bonchev–Trinajstić information content (AvgIpc) is 1.22. The van der Waals surface area contributed by atoms with Crippen LogP contribution in [0, 0.1) is 68.0 Å². The minimum absolute atomic E-state index is 0.0258. The van der Waals surface area contributed by atoms with Crippen molar-refractivity contribution in [2.75, 3.05) is 20.5 Å². The Bertz CT molecular complexity index is 6740. The molecule has 8 aromatic carbocycles. The first-order valence-corrected chi connectivity index (χ1v) is 45.9. The molecule has 120 heavy (non-hydrogen) atoms. The zero-order chi connectivity index (χ0) is 87.8. The molecule has 0 aliphatic rings. The number of methoxy groups -OCH3 is 2. The molecule has 35 heteroatoms. The number of ether oxygens (including phenoxy) is 2. The molecule has 0 spiro atoms. The molecule has 0 unspecified atom stereocenters. The van der Waals surface area contributed by atoms with Gasteiger partial charge in [-0.15, -0.1) is 34.0 Å². The van der Waals surface area contributed by atoms with Crippen LogP contribution in [0.15, 0.2) is 231 Å². The van der Waals surface area contributed by atoms with Gasteiger partial charge in [0.15, 0.2) is 49.2 Å². The maximum Gasteiger partial charge on any atom is 0.335 e. The van der Waals surface area contributed by atoms with Gasteiger partial charge in [0.05, 0.1) is 109 Å². The normalized spacial score (nSPS) is 11.1. The number of aromatic nitrogens is 1. The van der Waals surface area contributed by atoms with Crippen molar-refractivity contribution in [2.45, 2.75) is 74.2 Å². The molecule has 0 radical (unpaired) electrons. The van der Waals surface area contributed by atoms with Crippen LogP contribution in [-0.4, -0.2) is 111 Å². The van der Waals surface area contributed by atoms with Gasteiger partial charge in [-0.25, -0.2) is 61.3 Å². The van der Waals surface area contributed by atoms with Gasteiger partial charge in [-0.3, -0.25) is 0 Å². The molecule has 12 aromatic rings. The molecule has 608 valence electrons. The van der Waals surface area contributed by atoms with Gasteiger partial charge in [-0.05, 0) is 227 Å². The predicted octanol–water partition coefficient (Wildman–Crippen LogP) is 15.2. The number of nitriles is 6. The van der Waals surface area contributed by atoms with Gasteiger partial charge in [-0.2, -0.15) is 31.6 Å². The molecule has 0 aliphatic carbocycles. The maximum atomic E-state index is 13.4. The Hall–Kier alpha value is -13.7. The molecule has 4 heterocycles. The van der Waals surface area contributed by atoms with Crippen LogP contribution in [-0.2, 0) is 85.0 Å². The second-order valence-electron chi connectivity index (χ2n) is 25.8. The summed E-state index contributed by atoms with van der Waals surface area (Å²) < 4.78 is 142. The number of carboxylic acids is 4. The van der Waals surface area contributed by atoms with E-state index in [4.69, 9.17) is 25.3 Å². The molecular formula is C85H65N7O20S8. The first kappa shape index (κ1) is 90.2. The highest BCUT2D eigenvalue weighted by molar-refractivity contribution is 7.92. The van der Waals surface area contributed by atoms with Crippen LogP contribution < -0.4 is 9.47 Å². The lowest BCUT2D eigenvalue weighted by Gasteiger charge is -2.14. The van der Waals surface area contributed by atoms with Crippen LogP contribution in [0.3, 0.4) is 0 Å². The minimum Gasteiger partial charge on any atom is -0.495 e. The topological polar surface area (TPSA) is 486 Å². The Kier molecular flexibility index (Phi) is 29.0. The number of thiophene rings is 3. The third-order valence-corrected chi connectivity index (χ3v) is 29.0. The van der Waals surface area contributed by atoms with E-state index in [1.54, 1.807) is 116 Å². The number of hydrogen-bond donors (Lipinski definition) is 4. The number of nitrogens with zero attached hydrogens (tertiary/aromatic N) is 7. The van der Waals surface area contributed by atoms with Gasteiger partial charge >= 0.3 is 23.9 Å². The fourth-order valence-electron chi connectivity index (χ4n) is 12.1. The average molecular weight is 1760 g/mol. The lowest BCUT2D eigenvalue weighted by atomic mass is 10.0. The molecular weight excluding hydrogens is 1700 g/mol. The minimum atomic E-state index is -4.02. The summed E-state index contributed by atoms with van der Waals surface area (Å²) in [6, 6.07) is 59.6. The molecule has 12 rings (SSSR count). The van der Waals surface area contributed by atoms with E-state index >= 15 is 0 Å². The lowest BCUT2D eigenvalue weighted by Crippen LogP contribution is -2.11. The summed E-state index contributed by atoms with van der Waals surface area (Å²) in [7, 11) is -16.9. The molecule has 0 bridgehead atoms. The second kappa shape index (κ2) is 38.6. The summed E-state index contributed by atoms with van der Waals surface area (Å²) in [5.74, 6) is -6.68. The van der Waals surface area contributed by atoms with Gasteiger partial charge in [0, 0.05) is 39.0 Å². The van der Waals surface area contributed by atoms with Gasteiger partial charge in [0.2, 0.25) is 0 Å². The van der Waals surface area contributed by atoms with Crippen LogP contribution in [0.25, 0.3) is 37.0 Å². The molecule has 0 saturated heterocycles. The van der Waals surface area contributed by atoms with Gasteiger partial charge in [0.25, 0.3) is 0 Å². The number of rotatable bonds is 25. The Balaban J connectivity index is 0.000000182. The number of sulfone groups is 5. The van der Waals surface area contributed by atoms with Crippen LogP contribution in [0.4, 0.5) is 0 Å². The van der Waals surface area contributed by atoms with Crippen LogP contribution in [0.1, 0.15) is 120 Å². The number of carboxylic acid groups (broad SMARTS) is 4. The van der Waals surface area contributed by atoms with E-state index < -0.39 is 96.1 Å². The van der Waals surface area contributed by atoms with E-state index in [2.05, 4.69) is 6.07 Å². The summed E-state index contributed by atoms with van der Waals surface area (Å²) in [6.45, 7) is 3.56. The molecule has 0 fully saturated rings. The number of hydrogen-bond acceptors (Lipinski definition) is 25. The Morgan fingerprint density at radius 3 is 0.983 bits per heavy atom. The van der Waals surface area contributed by atoms with Crippen molar-refractivity contribution in [3.63, 3.8) is 0 Å². The zero-order valence-electron chi connectivity index (χ0n) is 63.6. The van der Waals surface area contributed by atoms with Crippen molar-refractivity contribution in [1.29, 1.82) is 31.6 Å². The quantitative estimate of drug-likeness (QED) is 0.0413. The number of carbonyl (C=O) groups is 4. The first-order chi connectivity index (χ1) is 56.9. The summed E-state index contributed by atoms with van der Waals surface area (Å²) in [5.41, 5.74) is 5.10. The summed E-state index contributed by atoms with van der Waals surface area (Å²) in [6.07, 6.45) is 5.37. The van der Waals surface area contributed by atoms with Crippen molar-refractivity contribution in [1.82, 2.24) is 4.57 Å². The zero-order valence-corrected chi connectivity index (χ0v) is 70.1. The van der Waals surface area contributed by atoms with Crippen LogP contribution in [0.2, 0.25) is 0 Å². The van der Waals surface area contributed by atoms with Crippen molar-refractivity contribution >= 4 is 107 Å². The maximum absolute atomic E-state index is 13.4. The Labute approximate surface area is 702 Å². The summed E-state index contributed by atoms with van der Waals surface area (Å²) in [4.78, 5) is 48.1. The molecule has 0 saturated carbocycles. The van der Waals surface area contributed by atoms with E-state index in [0.717, 1.165) is 29.3 Å². The lowest BCUT2D eigenvalue weighted by molar-refractivity contribution is 0.0685. The molecule has 0 aliphatic heterocycles.